The lowest BCUT2D eigenvalue weighted by Crippen LogP contribution is -2.16. The van der Waals surface area contributed by atoms with E-state index in [0.717, 1.165) is 28.9 Å². The van der Waals surface area contributed by atoms with Crippen LogP contribution in [0.1, 0.15) is 5.56 Å². The maximum Gasteiger partial charge on any atom is 0.175 e. The van der Waals surface area contributed by atoms with Crippen molar-refractivity contribution in [3.05, 3.63) is 22.2 Å². The molecule has 1 aliphatic heterocycles. The summed E-state index contributed by atoms with van der Waals surface area (Å²) in [7, 11) is 1.95. The first-order valence-electron chi connectivity index (χ1n) is 5.04. The van der Waals surface area contributed by atoms with Gasteiger partial charge in [0.15, 0.2) is 11.5 Å². The first-order valence-corrected chi connectivity index (χ1v) is 5.84. The van der Waals surface area contributed by atoms with Gasteiger partial charge in [-0.3, -0.25) is 0 Å². The van der Waals surface area contributed by atoms with Gasteiger partial charge in [0.2, 0.25) is 0 Å². The van der Waals surface area contributed by atoms with Crippen LogP contribution in [0.5, 0.6) is 11.5 Å². The molecule has 15 heavy (non-hydrogen) atoms. The fourth-order valence-corrected chi connectivity index (χ4v) is 2.22. The second kappa shape index (κ2) is 4.86. The summed E-state index contributed by atoms with van der Waals surface area (Å²) in [5, 5.41) is 3.13. The number of fused-ring (bicyclic) bond motifs is 1. The number of nitrogens with one attached hydrogen (secondary N) is 1. The maximum absolute atomic E-state index is 5.58. The molecule has 1 aliphatic rings. The lowest BCUT2D eigenvalue weighted by atomic mass is 10.1. The van der Waals surface area contributed by atoms with Gasteiger partial charge in [-0.15, -0.1) is 0 Å². The Balaban J connectivity index is 2.26. The SMILES string of the molecule is CNCCc1ccc2c(c1Br)OCCO2. The van der Waals surface area contributed by atoms with Crippen molar-refractivity contribution in [3.8, 4) is 11.5 Å². The van der Waals surface area contributed by atoms with E-state index < -0.39 is 0 Å². The number of benzene rings is 1. The van der Waals surface area contributed by atoms with Gasteiger partial charge in [-0.25, -0.2) is 0 Å². The van der Waals surface area contributed by atoms with Gasteiger partial charge in [0.25, 0.3) is 0 Å². The third-order valence-corrected chi connectivity index (χ3v) is 3.24. The molecule has 2 rings (SSSR count). The van der Waals surface area contributed by atoms with Crippen molar-refractivity contribution in [1.29, 1.82) is 0 Å². The Morgan fingerprint density at radius 1 is 1.33 bits per heavy atom. The Hall–Kier alpha value is -0.740. The Labute approximate surface area is 97.9 Å². The second-order valence-corrected chi connectivity index (χ2v) is 4.21. The monoisotopic (exact) mass is 271 g/mol. The van der Waals surface area contributed by atoms with Crippen molar-refractivity contribution in [1.82, 2.24) is 5.32 Å². The number of halogens is 1. The molecule has 4 heteroatoms. The standard InChI is InChI=1S/C11H14BrNO2/c1-13-5-4-8-2-3-9-11(10(8)12)15-7-6-14-9/h2-3,13H,4-7H2,1H3. The average Bonchev–Trinajstić information content (AvgIpc) is 2.29. The molecule has 0 bridgehead atoms. The normalized spacial score (nSPS) is 14.0. The van der Waals surface area contributed by atoms with Crippen molar-refractivity contribution in [2.45, 2.75) is 6.42 Å². The molecule has 0 fully saturated rings. The van der Waals surface area contributed by atoms with E-state index in [2.05, 4.69) is 27.3 Å². The highest BCUT2D eigenvalue weighted by Crippen LogP contribution is 2.39. The molecule has 3 nitrogen and oxygen atoms in total. The molecule has 0 atom stereocenters. The highest BCUT2D eigenvalue weighted by atomic mass is 79.9. The quantitative estimate of drug-likeness (QED) is 0.912. The zero-order valence-electron chi connectivity index (χ0n) is 8.68. The third-order valence-electron chi connectivity index (χ3n) is 2.37. The highest BCUT2D eigenvalue weighted by molar-refractivity contribution is 9.10. The molecule has 0 radical (unpaired) electrons. The number of ether oxygens (including phenoxy) is 2. The van der Waals surface area contributed by atoms with E-state index in [1.54, 1.807) is 0 Å². The van der Waals surface area contributed by atoms with Crippen molar-refractivity contribution in [3.63, 3.8) is 0 Å². The Morgan fingerprint density at radius 3 is 2.93 bits per heavy atom. The predicted molar refractivity (Wildman–Crippen MR) is 62.8 cm³/mol. The molecule has 0 aromatic heterocycles. The lowest BCUT2D eigenvalue weighted by molar-refractivity contribution is 0.170. The molecule has 1 N–H and O–H groups in total. The summed E-state index contributed by atoms with van der Waals surface area (Å²) >= 11 is 3.56. The molecule has 0 spiro atoms. The molecule has 1 heterocycles. The van der Waals surface area contributed by atoms with Crippen LogP contribution in [0.15, 0.2) is 16.6 Å². The van der Waals surface area contributed by atoms with Crippen LogP contribution in [0.4, 0.5) is 0 Å². The van der Waals surface area contributed by atoms with Gasteiger partial charge in [0, 0.05) is 0 Å². The van der Waals surface area contributed by atoms with Gasteiger partial charge in [0.1, 0.15) is 13.2 Å². The Bertz CT molecular complexity index is 355. The molecule has 0 aliphatic carbocycles. The summed E-state index contributed by atoms with van der Waals surface area (Å²) in [6.45, 7) is 2.22. The lowest BCUT2D eigenvalue weighted by Gasteiger charge is -2.20. The van der Waals surface area contributed by atoms with E-state index in [4.69, 9.17) is 9.47 Å². The molecule has 0 saturated heterocycles. The number of rotatable bonds is 3. The first-order chi connectivity index (χ1) is 7.33. The fourth-order valence-electron chi connectivity index (χ4n) is 1.58. The first kappa shape index (κ1) is 10.8. The molecule has 0 saturated carbocycles. The van der Waals surface area contributed by atoms with E-state index in [1.807, 2.05) is 13.1 Å². The molecule has 82 valence electrons. The van der Waals surface area contributed by atoms with E-state index >= 15 is 0 Å². The van der Waals surface area contributed by atoms with Crippen LogP contribution < -0.4 is 14.8 Å². The van der Waals surface area contributed by atoms with Crippen LogP contribution in [0.25, 0.3) is 0 Å². The molecular formula is C11H14BrNO2. The molecular weight excluding hydrogens is 258 g/mol. The van der Waals surface area contributed by atoms with Gasteiger partial charge >= 0.3 is 0 Å². The van der Waals surface area contributed by atoms with E-state index in [1.165, 1.54) is 5.56 Å². The van der Waals surface area contributed by atoms with E-state index in [9.17, 15) is 0 Å². The summed E-state index contributed by atoms with van der Waals surface area (Å²) in [6.07, 6.45) is 0.980. The summed E-state index contributed by atoms with van der Waals surface area (Å²) in [5.41, 5.74) is 1.24. The topological polar surface area (TPSA) is 30.5 Å². The fraction of sp³-hybridized carbons (Fsp3) is 0.455. The minimum absolute atomic E-state index is 0.626. The summed E-state index contributed by atoms with van der Waals surface area (Å²) < 4.78 is 12.1. The zero-order valence-corrected chi connectivity index (χ0v) is 10.3. The predicted octanol–water partition coefficient (Wildman–Crippen LogP) is 1.98. The largest absolute Gasteiger partial charge is 0.486 e. The van der Waals surface area contributed by atoms with Crippen molar-refractivity contribution in [2.24, 2.45) is 0 Å². The Morgan fingerprint density at radius 2 is 2.13 bits per heavy atom. The minimum Gasteiger partial charge on any atom is -0.486 e. The van der Waals surface area contributed by atoms with Crippen LogP contribution >= 0.6 is 15.9 Å². The van der Waals surface area contributed by atoms with Crippen LogP contribution in [-0.2, 0) is 6.42 Å². The summed E-state index contributed by atoms with van der Waals surface area (Å²) in [5.74, 6) is 1.68. The van der Waals surface area contributed by atoms with Crippen LogP contribution in [0.3, 0.4) is 0 Å². The Kier molecular flexibility index (Phi) is 3.49. The molecule has 1 aromatic carbocycles. The smallest absolute Gasteiger partial charge is 0.175 e. The van der Waals surface area contributed by atoms with Crippen LogP contribution in [0, 0.1) is 0 Å². The summed E-state index contributed by atoms with van der Waals surface area (Å²) in [6, 6.07) is 4.05. The van der Waals surface area contributed by atoms with Gasteiger partial charge in [-0.2, -0.15) is 0 Å². The number of likely N-dealkylation sites (N-methyl/N-ethyl adjacent to an activating group) is 1. The van der Waals surface area contributed by atoms with Gasteiger partial charge in [-0.05, 0) is 47.6 Å². The minimum atomic E-state index is 0.626. The van der Waals surface area contributed by atoms with Crippen LogP contribution in [0.2, 0.25) is 0 Å². The molecule has 0 unspecified atom stereocenters. The van der Waals surface area contributed by atoms with Crippen molar-refractivity contribution >= 4 is 15.9 Å². The zero-order chi connectivity index (χ0) is 10.7. The molecule has 1 aromatic rings. The second-order valence-electron chi connectivity index (χ2n) is 3.42. The van der Waals surface area contributed by atoms with Crippen molar-refractivity contribution < 1.29 is 9.47 Å². The number of hydrogen-bond donors (Lipinski definition) is 1. The third kappa shape index (κ3) is 2.26. The summed E-state index contributed by atoms with van der Waals surface area (Å²) in [4.78, 5) is 0. The van der Waals surface area contributed by atoms with E-state index in [0.29, 0.717) is 13.2 Å². The van der Waals surface area contributed by atoms with E-state index in [-0.39, 0.29) is 0 Å². The highest BCUT2D eigenvalue weighted by Gasteiger charge is 2.17. The van der Waals surface area contributed by atoms with Gasteiger partial charge in [0.05, 0.1) is 4.47 Å². The molecule has 0 amide bonds. The maximum atomic E-state index is 5.58. The van der Waals surface area contributed by atoms with Crippen LogP contribution in [-0.4, -0.2) is 26.8 Å². The van der Waals surface area contributed by atoms with Gasteiger partial charge < -0.3 is 14.8 Å². The van der Waals surface area contributed by atoms with Gasteiger partial charge in [-0.1, -0.05) is 6.07 Å². The average molecular weight is 272 g/mol. The van der Waals surface area contributed by atoms with Crippen molar-refractivity contribution in [2.75, 3.05) is 26.8 Å². The number of hydrogen-bond acceptors (Lipinski definition) is 3.